The van der Waals surface area contributed by atoms with Gasteiger partial charge in [-0.1, -0.05) is 6.92 Å². The molecule has 2 saturated heterocycles. The smallest absolute Gasteiger partial charge is 0.0594 e. The lowest BCUT2D eigenvalue weighted by molar-refractivity contribution is 0.0340. The highest BCUT2D eigenvalue weighted by molar-refractivity contribution is 5.85. The minimum Gasteiger partial charge on any atom is -0.379 e. The Morgan fingerprint density at radius 2 is 1.67 bits per heavy atom. The average Bonchev–Trinajstić information content (AvgIpc) is 2.71. The quantitative estimate of drug-likeness (QED) is 0.835. The van der Waals surface area contributed by atoms with Gasteiger partial charge in [-0.25, -0.2) is 0 Å². The number of likely N-dealkylation sites (tertiary alicyclic amines) is 1. The molecule has 6 heteroatoms. The number of morpholine rings is 1. The monoisotopic (exact) mass is 299 g/mol. The van der Waals surface area contributed by atoms with Crippen molar-refractivity contribution >= 4 is 24.8 Å². The van der Waals surface area contributed by atoms with Crippen molar-refractivity contribution in [2.45, 2.75) is 13.3 Å². The Kier molecular flexibility index (Phi) is 8.76. The lowest BCUT2D eigenvalue weighted by Gasteiger charge is -2.29. The van der Waals surface area contributed by atoms with Crippen LogP contribution in [0.3, 0.4) is 0 Å². The van der Waals surface area contributed by atoms with Gasteiger partial charge in [0.1, 0.15) is 0 Å². The number of nitrogens with two attached hydrogens (primary N) is 1. The summed E-state index contributed by atoms with van der Waals surface area (Å²) in [6, 6.07) is 0. The molecule has 1 unspecified atom stereocenters. The van der Waals surface area contributed by atoms with Crippen LogP contribution in [0.1, 0.15) is 13.3 Å². The zero-order valence-corrected chi connectivity index (χ0v) is 12.9. The topological polar surface area (TPSA) is 41.7 Å². The second kappa shape index (κ2) is 8.56. The van der Waals surface area contributed by atoms with Crippen LogP contribution in [-0.4, -0.2) is 68.8 Å². The fourth-order valence-electron chi connectivity index (χ4n) is 2.59. The molecular weight excluding hydrogens is 273 g/mol. The van der Waals surface area contributed by atoms with Crippen LogP contribution in [0, 0.1) is 5.41 Å². The average molecular weight is 300 g/mol. The third kappa shape index (κ3) is 5.19. The van der Waals surface area contributed by atoms with Crippen molar-refractivity contribution in [2.75, 3.05) is 59.0 Å². The van der Waals surface area contributed by atoms with Gasteiger partial charge in [0.2, 0.25) is 0 Å². The second-order valence-electron chi connectivity index (χ2n) is 5.49. The third-order valence-corrected chi connectivity index (χ3v) is 3.97. The zero-order chi connectivity index (χ0) is 11.4. The summed E-state index contributed by atoms with van der Waals surface area (Å²) in [5.74, 6) is 0. The fraction of sp³-hybridized carbons (Fsp3) is 1.00. The highest BCUT2D eigenvalue weighted by Gasteiger charge is 2.32. The van der Waals surface area contributed by atoms with E-state index in [9.17, 15) is 0 Å². The highest BCUT2D eigenvalue weighted by atomic mass is 35.5. The summed E-state index contributed by atoms with van der Waals surface area (Å²) in [5.41, 5.74) is 6.18. The third-order valence-electron chi connectivity index (χ3n) is 3.97. The molecule has 2 heterocycles. The van der Waals surface area contributed by atoms with Gasteiger partial charge < -0.3 is 15.4 Å². The van der Waals surface area contributed by atoms with E-state index in [1.54, 1.807) is 0 Å². The van der Waals surface area contributed by atoms with E-state index in [1.165, 1.54) is 32.6 Å². The Morgan fingerprint density at radius 3 is 2.22 bits per heavy atom. The lowest BCUT2D eigenvalue weighted by Crippen LogP contribution is -2.41. The first-order valence-corrected chi connectivity index (χ1v) is 6.44. The van der Waals surface area contributed by atoms with Crippen molar-refractivity contribution in [3.05, 3.63) is 0 Å². The zero-order valence-electron chi connectivity index (χ0n) is 11.3. The molecule has 0 saturated carbocycles. The molecule has 1 atom stereocenters. The van der Waals surface area contributed by atoms with Crippen LogP contribution in [-0.2, 0) is 4.74 Å². The van der Waals surface area contributed by atoms with Gasteiger partial charge in [-0.15, -0.1) is 24.8 Å². The van der Waals surface area contributed by atoms with E-state index >= 15 is 0 Å². The van der Waals surface area contributed by atoms with E-state index in [0.29, 0.717) is 5.41 Å². The Balaban J connectivity index is 0.00000144. The van der Waals surface area contributed by atoms with Gasteiger partial charge in [0.05, 0.1) is 13.2 Å². The van der Waals surface area contributed by atoms with Gasteiger partial charge >= 0.3 is 0 Å². The number of halogens is 2. The lowest BCUT2D eigenvalue weighted by atomic mass is 9.90. The van der Waals surface area contributed by atoms with Crippen molar-refractivity contribution in [1.82, 2.24) is 9.80 Å². The van der Waals surface area contributed by atoms with Crippen molar-refractivity contribution < 1.29 is 4.74 Å². The first-order valence-electron chi connectivity index (χ1n) is 6.44. The number of rotatable bonds is 4. The largest absolute Gasteiger partial charge is 0.379 e. The molecule has 0 aliphatic carbocycles. The van der Waals surface area contributed by atoms with Crippen LogP contribution in [0.2, 0.25) is 0 Å². The van der Waals surface area contributed by atoms with Crippen LogP contribution in [0.25, 0.3) is 0 Å². The van der Waals surface area contributed by atoms with E-state index in [1.807, 2.05) is 0 Å². The molecule has 2 aliphatic heterocycles. The number of ether oxygens (including phenoxy) is 1. The van der Waals surface area contributed by atoms with Crippen LogP contribution in [0.15, 0.2) is 0 Å². The molecule has 0 bridgehead atoms. The van der Waals surface area contributed by atoms with E-state index in [0.717, 1.165) is 32.8 Å². The summed E-state index contributed by atoms with van der Waals surface area (Å²) in [6.45, 7) is 11.9. The Bertz CT molecular complexity index is 227. The first kappa shape index (κ1) is 18.4. The minimum absolute atomic E-state index is 0. The molecule has 2 rings (SSSR count). The van der Waals surface area contributed by atoms with Gasteiger partial charge in [0.25, 0.3) is 0 Å². The highest BCUT2D eigenvalue weighted by Crippen LogP contribution is 2.27. The van der Waals surface area contributed by atoms with Crippen LogP contribution >= 0.6 is 24.8 Å². The van der Waals surface area contributed by atoms with E-state index < -0.39 is 0 Å². The summed E-state index contributed by atoms with van der Waals surface area (Å²) < 4.78 is 5.35. The Labute approximate surface area is 123 Å². The Hall–Kier alpha value is 0.420. The van der Waals surface area contributed by atoms with Gasteiger partial charge in [-0.3, -0.25) is 4.90 Å². The van der Waals surface area contributed by atoms with Gasteiger partial charge in [-0.05, 0) is 24.9 Å². The maximum Gasteiger partial charge on any atom is 0.0594 e. The molecule has 0 spiro atoms. The molecule has 110 valence electrons. The predicted octanol–water partition coefficient (Wildman–Crippen LogP) is 0.833. The minimum atomic E-state index is 0. The standard InChI is InChI=1S/C12H25N3O.2ClH/c1-12(10-13)2-3-15(11-12)5-4-14-6-8-16-9-7-14;;/h2-11,13H2,1H3;2*1H. The molecular formula is C12H27Cl2N3O. The van der Waals surface area contributed by atoms with Crippen LogP contribution < -0.4 is 5.73 Å². The van der Waals surface area contributed by atoms with Gasteiger partial charge in [-0.2, -0.15) is 0 Å². The number of hydrogen-bond donors (Lipinski definition) is 1. The van der Waals surface area contributed by atoms with Crippen molar-refractivity contribution in [2.24, 2.45) is 11.1 Å². The summed E-state index contributed by atoms with van der Waals surface area (Å²) in [6.07, 6.45) is 1.26. The maximum atomic E-state index is 5.82. The summed E-state index contributed by atoms with van der Waals surface area (Å²) >= 11 is 0. The Morgan fingerprint density at radius 1 is 1.06 bits per heavy atom. The van der Waals surface area contributed by atoms with Crippen molar-refractivity contribution in [3.8, 4) is 0 Å². The summed E-state index contributed by atoms with van der Waals surface area (Å²) in [4.78, 5) is 5.06. The molecule has 0 aromatic carbocycles. The first-order chi connectivity index (χ1) is 7.72. The molecule has 2 N–H and O–H groups in total. The normalized spacial score (nSPS) is 29.7. The van der Waals surface area contributed by atoms with E-state index in [-0.39, 0.29) is 24.8 Å². The number of hydrogen-bond acceptors (Lipinski definition) is 4. The summed E-state index contributed by atoms with van der Waals surface area (Å²) in [7, 11) is 0. The van der Waals surface area contributed by atoms with E-state index in [4.69, 9.17) is 10.5 Å². The van der Waals surface area contributed by atoms with Crippen LogP contribution in [0.4, 0.5) is 0 Å². The fourth-order valence-corrected chi connectivity index (χ4v) is 2.59. The van der Waals surface area contributed by atoms with Crippen LogP contribution in [0.5, 0.6) is 0 Å². The van der Waals surface area contributed by atoms with Crippen molar-refractivity contribution in [3.63, 3.8) is 0 Å². The SMILES string of the molecule is CC1(CN)CCN(CCN2CCOCC2)C1.Cl.Cl. The molecule has 4 nitrogen and oxygen atoms in total. The van der Waals surface area contributed by atoms with Gasteiger partial charge in [0.15, 0.2) is 0 Å². The maximum absolute atomic E-state index is 5.82. The molecule has 0 aromatic heterocycles. The molecule has 18 heavy (non-hydrogen) atoms. The predicted molar refractivity (Wildman–Crippen MR) is 80.0 cm³/mol. The molecule has 2 aliphatic rings. The van der Waals surface area contributed by atoms with Crippen molar-refractivity contribution in [1.29, 1.82) is 0 Å². The van der Waals surface area contributed by atoms with E-state index in [2.05, 4.69) is 16.7 Å². The molecule has 0 amide bonds. The number of nitrogens with zero attached hydrogens (tertiary/aromatic N) is 2. The second-order valence-corrected chi connectivity index (χ2v) is 5.49. The molecule has 0 aromatic rings. The molecule has 2 fully saturated rings. The van der Waals surface area contributed by atoms with Gasteiger partial charge in [0, 0.05) is 32.7 Å². The molecule has 0 radical (unpaired) electrons. The summed E-state index contributed by atoms with van der Waals surface area (Å²) in [5, 5.41) is 0.